The van der Waals surface area contributed by atoms with Crippen LogP contribution in [-0.2, 0) is 6.42 Å². The molecule has 1 aromatic carbocycles. The number of benzene rings is 1. The number of hydrogen-bond donors (Lipinski definition) is 1. The van der Waals surface area contributed by atoms with Crippen molar-refractivity contribution in [3.8, 4) is 0 Å². The van der Waals surface area contributed by atoms with E-state index in [1.54, 1.807) is 0 Å². The van der Waals surface area contributed by atoms with Gasteiger partial charge in [0.05, 0.1) is 10.6 Å². The van der Waals surface area contributed by atoms with Crippen molar-refractivity contribution >= 4 is 11.5 Å². The molecule has 2 aromatic rings. The molecule has 4 heteroatoms. The van der Waals surface area contributed by atoms with Gasteiger partial charge in [-0.25, -0.2) is 0 Å². The molecule has 0 radical (unpaired) electrons. The highest BCUT2D eigenvalue weighted by Gasteiger charge is 2.21. The predicted molar refractivity (Wildman–Crippen MR) is 90.2 cm³/mol. The lowest BCUT2D eigenvalue weighted by Crippen LogP contribution is -2.20. The van der Waals surface area contributed by atoms with E-state index in [9.17, 15) is 0 Å². The average Bonchev–Trinajstić information content (AvgIpc) is 2.87. The van der Waals surface area contributed by atoms with Crippen LogP contribution in [0.3, 0.4) is 0 Å². The molecule has 1 unspecified atom stereocenters. The molecule has 0 fully saturated rings. The summed E-state index contributed by atoms with van der Waals surface area (Å²) in [4.78, 5) is 1.27. The van der Waals surface area contributed by atoms with Crippen molar-refractivity contribution < 1.29 is 0 Å². The molecule has 0 aliphatic carbocycles. The van der Waals surface area contributed by atoms with Gasteiger partial charge in [-0.15, -0.1) is 5.10 Å². The summed E-state index contributed by atoms with van der Waals surface area (Å²) in [6.45, 7) is 10.9. The number of likely N-dealkylation sites (N-methyl/N-ethyl adjacent to an activating group) is 1. The molecule has 2 rings (SSSR count). The SMILES string of the molecule is CNC(Cc1c(C)cc(C)cc1C)c1snnc1C(C)C. The zero-order valence-electron chi connectivity index (χ0n) is 13.8. The second-order valence-corrected chi connectivity index (χ2v) is 6.89. The summed E-state index contributed by atoms with van der Waals surface area (Å²) >= 11 is 1.52. The summed E-state index contributed by atoms with van der Waals surface area (Å²) < 4.78 is 4.16. The van der Waals surface area contributed by atoms with Crippen LogP contribution in [0, 0.1) is 20.8 Å². The molecule has 0 saturated carbocycles. The lowest BCUT2D eigenvalue weighted by molar-refractivity contribution is 0.586. The third-order valence-electron chi connectivity index (χ3n) is 4.00. The Balaban J connectivity index is 2.34. The highest BCUT2D eigenvalue weighted by molar-refractivity contribution is 7.05. The molecule has 1 atom stereocenters. The Morgan fingerprint density at radius 1 is 1.14 bits per heavy atom. The highest BCUT2D eigenvalue weighted by Crippen LogP contribution is 2.30. The summed E-state index contributed by atoms with van der Waals surface area (Å²) in [7, 11) is 2.02. The summed E-state index contributed by atoms with van der Waals surface area (Å²) in [5.74, 6) is 0.412. The van der Waals surface area contributed by atoms with Crippen LogP contribution in [0.4, 0.5) is 0 Å². The molecule has 0 aliphatic rings. The number of aryl methyl sites for hydroxylation is 3. The lowest BCUT2D eigenvalue weighted by atomic mass is 9.93. The Bertz CT molecular complexity index is 593. The molecule has 0 aliphatic heterocycles. The van der Waals surface area contributed by atoms with Gasteiger partial charge in [0.15, 0.2) is 0 Å². The van der Waals surface area contributed by atoms with Gasteiger partial charge in [0, 0.05) is 6.04 Å². The van der Waals surface area contributed by atoms with E-state index in [0.717, 1.165) is 12.1 Å². The Morgan fingerprint density at radius 3 is 2.29 bits per heavy atom. The van der Waals surface area contributed by atoms with E-state index in [-0.39, 0.29) is 6.04 Å². The van der Waals surface area contributed by atoms with E-state index in [1.165, 1.54) is 38.7 Å². The molecular weight excluding hydrogens is 278 g/mol. The Labute approximate surface area is 132 Å². The Hall–Kier alpha value is -1.26. The van der Waals surface area contributed by atoms with Gasteiger partial charge in [-0.05, 0) is 68.4 Å². The first-order chi connectivity index (χ1) is 9.93. The van der Waals surface area contributed by atoms with E-state index >= 15 is 0 Å². The van der Waals surface area contributed by atoms with Crippen LogP contribution < -0.4 is 5.32 Å². The fraction of sp³-hybridized carbons (Fsp3) is 0.529. The molecule has 1 aromatic heterocycles. The first kappa shape index (κ1) is 16.1. The van der Waals surface area contributed by atoms with Crippen molar-refractivity contribution in [3.63, 3.8) is 0 Å². The minimum Gasteiger partial charge on any atom is -0.312 e. The van der Waals surface area contributed by atoms with Gasteiger partial charge < -0.3 is 5.32 Å². The molecule has 0 bridgehead atoms. The second-order valence-electron chi connectivity index (χ2n) is 6.10. The van der Waals surface area contributed by atoms with Crippen molar-refractivity contribution in [2.24, 2.45) is 0 Å². The average molecular weight is 303 g/mol. The number of hydrogen-bond acceptors (Lipinski definition) is 4. The third-order valence-corrected chi connectivity index (χ3v) is 4.85. The maximum Gasteiger partial charge on any atom is 0.0829 e. The molecule has 3 nitrogen and oxygen atoms in total. The van der Waals surface area contributed by atoms with Gasteiger partial charge in [-0.2, -0.15) is 0 Å². The standard InChI is InChI=1S/C17H25N3S/c1-10(2)16-17(21-20-19-16)15(18-6)9-14-12(4)7-11(3)8-13(14)5/h7-8,10,15,18H,9H2,1-6H3. The third kappa shape index (κ3) is 3.50. The summed E-state index contributed by atoms with van der Waals surface area (Å²) in [5, 5.41) is 7.76. The summed E-state index contributed by atoms with van der Waals surface area (Å²) in [6, 6.07) is 4.81. The lowest BCUT2D eigenvalue weighted by Gasteiger charge is -2.19. The minimum atomic E-state index is 0.280. The Morgan fingerprint density at radius 2 is 1.76 bits per heavy atom. The van der Waals surface area contributed by atoms with Crippen molar-refractivity contribution in [1.29, 1.82) is 0 Å². The fourth-order valence-electron chi connectivity index (χ4n) is 2.91. The van der Waals surface area contributed by atoms with Gasteiger partial charge in [0.25, 0.3) is 0 Å². The minimum absolute atomic E-state index is 0.280. The molecule has 0 amide bonds. The van der Waals surface area contributed by atoms with Crippen LogP contribution in [0.1, 0.15) is 58.6 Å². The Kier molecular flexibility index (Phi) is 5.12. The monoisotopic (exact) mass is 303 g/mol. The van der Waals surface area contributed by atoms with Gasteiger partial charge in [0.1, 0.15) is 0 Å². The first-order valence-corrected chi connectivity index (χ1v) is 8.27. The van der Waals surface area contributed by atoms with Crippen molar-refractivity contribution in [2.45, 2.75) is 53.0 Å². The molecule has 1 heterocycles. The zero-order valence-corrected chi connectivity index (χ0v) is 14.6. The topological polar surface area (TPSA) is 37.8 Å². The molecule has 114 valence electrons. The highest BCUT2D eigenvalue weighted by atomic mass is 32.1. The van der Waals surface area contributed by atoms with E-state index in [0.29, 0.717) is 5.92 Å². The second kappa shape index (κ2) is 6.67. The molecule has 0 spiro atoms. The molecule has 1 N–H and O–H groups in total. The van der Waals surface area contributed by atoms with Crippen LogP contribution in [0.25, 0.3) is 0 Å². The largest absolute Gasteiger partial charge is 0.312 e. The van der Waals surface area contributed by atoms with Gasteiger partial charge in [-0.3, -0.25) is 0 Å². The van der Waals surface area contributed by atoms with Crippen LogP contribution in [0.2, 0.25) is 0 Å². The molecule has 0 saturated heterocycles. The van der Waals surface area contributed by atoms with E-state index in [4.69, 9.17) is 0 Å². The van der Waals surface area contributed by atoms with Crippen LogP contribution >= 0.6 is 11.5 Å². The van der Waals surface area contributed by atoms with Crippen LogP contribution in [0.5, 0.6) is 0 Å². The van der Waals surface area contributed by atoms with Crippen molar-refractivity contribution in [3.05, 3.63) is 45.0 Å². The van der Waals surface area contributed by atoms with Gasteiger partial charge in [0.2, 0.25) is 0 Å². The van der Waals surface area contributed by atoms with E-state index in [2.05, 4.69) is 61.7 Å². The number of aromatic nitrogens is 2. The maximum atomic E-state index is 4.31. The number of nitrogens with one attached hydrogen (secondary N) is 1. The number of rotatable bonds is 5. The van der Waals surface area contributed by atoms with Crippen molar-refractivity contribution in [1.82, 2.24) is 14.9 Å². The van der Waals surface area contributed by atoms with Crippen LogP contribution in [0.15, 0.2) is 12.1 Å². The van der Waals surface area contributed by atoms with Gasteiger partial charge >= 0.3 is 0 Å². The number of nitrogens with zero attached hydrogens (tertiary/aromatic N) is 2. The van der Waals surface area contributed by atoms with E-state index in [1.807, 2.05) is 7.05 Å². The molecular formula is C17H25N3S. The predicted octanol–water partition coefficient (Wildman–Crippen LogP) is 4.09. The van der Waals surface area contributed by atoms with E-state index < -0.39 is 0 Å². The maximum absolute atomic E-state index is 4.31. The molecule has 21 heavy (non-hydrogen) atoms. The smallest absolute Gasteiger partial charge is 0.0829 e. The van der Waals surface area contributed by atoms with Gasteiger partial charge in [-0.1, -0.05) is 36.0 Å². The fourth-order valence-corrected chi connectivity index (χ4v) is 3.82. The summed E-state index contributed by atoms with van der Waals surface area (Å²) in [5.41, 5.74) is 6.63. The normalized spacial score (nSPS) is 12.9. The zero-order chi connectivity index (χ0) is 15.6. The van der Waals surface area contributed by atoms with Crippen LogP contribution in [-0.4, -0.2) is 16.6 Å². The quantitative estimate of drug-likeness (QED) is 0.904. The first-order valence-electron chi connectivity index (χ1n) is 7.50. The summed E-state index contributed by atoms with van der Waals surface area (Å²) in [6.07, 6.45) is 0.984. The van der Waals surface area contributed by atoms with Crippen molar-refractivity contribution in [2.75, 3.05) is 7.05 Å².